The Hall–Kier alpha value is -0.780. The number of nitro groups is 1. The largest absolute Gasteiger partial charge is 0.311 e. The highest BCUT2D eigenvalue weighted by molar-refractivity contribution is 8.00. The zero-order valence-electron chi connectivity index (χ0n) is 10.8. The molecule has 4 nitrogen and oxygen atoms in total. The summed E-state index contributed by atoms with van der Waals surface area (Å²) < 4.78 is 0.257. The molecule has 2 rings (SSSR count). The lowest BCUT2D eigenvalue weighted by Crippen LogP contribution is -2.32. The van der Waals surface area contributed by atoms with Crippen LogP contribution in [0.2, 0.25) is 5.02 Å². The molecule has 1 atom stereocenters. The van der Waals surface area contributed by atoms with E-state index in [1.54, 1.807) is 12.1 Å². The first-order chi connectivity index (χ1) is 9.00. The summed E-state index contributed by atoms with van der Waals surface area (Å²) in [4.78, 5) is 10.6. The first-order valence-corrected chi connectivity index (χ1v) is 7.64. The van der Waals surface area contributed by atoms with E-state index in [0.717, 1.165) is 6.54 Å². The summed E-state index contributed by atoms with van der Waals surface area (Å²) in [6.07, 6.45) is 2.45. The number of nitrogens with one attached hydrogen (secondary N) is 1. The van der Waals surface area contributed by atoms with Crippen molar-refractivity contribution in [2.75, 3.05) is 12.3 Å². The third-order valence-corrected chi connectivity index (χ3v) is 5.13. The summed E-state index contributed by atoms with van der Waals surface area (Å²) in [7, 11) is 0. The highest BCUT2D eigenvalue weighted by Gasteiger charge is 2.29. The van der Waals surface area contributed by atoms with Crippen molar-refractivity contribution >= 4 is 29.1 Å². The fourth-order valence-electron chi connectivity index (χ4n) is 2.31. The Morgan fingerprint density at radius 3 is 3.00 bits per heavy atom. The lowest BCUT2D eigenvalue weighted by Gasteiger charge is -2.22. The van der Waals surface area contributed by atoms with Gasteiger partial charge < -0.3 is 5.32 Å². The van der Waals surface area contributed by atoms with Crippen LogP contribution >= 0.6 is 23.4 Å². The molecule has 0 spiro atoms. The van der Waals surface area contributed by atoms with Crippen LogP contribution in [0.5, 0.6) is 0 Å². The Labute approximate surface area is 122 Å². The molecule has 104 valence electrons. The minimum Gasteiger partial charge on any atom is -0.311 e. The van der Waals surface area contributed by atoms with Gasteiger partial charge in [-0.3, -0.25) is 10.1 Å². The SMILES string of the molecule is CC1(CNCc2cc(Cl)ccc2[N+](=O)[O-])CCCS1. The predicted molar refractivity (Wildman–Crippen MR) is 79.9 cm³/mol. The van der Waals surface area contributed by atoms with E-state index in [0.29, 0.717) is 17.1 Å². The maximum absolute atomic E-state index is 10.9. The Balaban J connectivity index is 1.98. The molecular formula is C13H17ClN2O2S. The molecule has 1 aliphatic heterocycles. The van der Waals surface area contributed by atoms with Crippen LogP contribution in [0.15, 0.2) is 18.2 Å². The van der Waals surface area contributed by atoms with Gasteiger partial charge in [0.05, 0.1) is 4.92 Å². The van der Waals surface area contributed by atoms with Gasteiger partial charge in [0, 0.05) is 34.5 Å². The minimum absolute atomic E-state index is 0.126. The maximum Gasteiger partial charge on any atom is 0.273 e. The van der Waals surface area contributed by atoms with Crippen molar-refractivity contribution in [2.24, 2.45) is 0 Å². The van der Waals surface area contributed by atoms with Crippen molar-refractivity contribution in [1.82, 2.24) is 5.32 Å². The van der Waals surface area contributed by atoms with Crippen LogP contribution < -0.4 is 5.32 Å². The van der Waals surface area contributed by atoms with Gasteiger partial charge in [0.2, 0.25) is 0 Å². The molecule has 1 aliphatic rings. The summed E-state index contributed by atoms with van der Waals surface area (Å²) in [5, 5.41) is 14.8. The molecule has 1 aromatic carbocycles. The van der Waals surface area contributed by atoms with Crippen molar-refractivity contribution in [2.45, 2.75) is 31.1 Å². The number of halogens is 1. The monoisotopic (exact) mass is 300 g/mol. The zero-order valence-corrected chi connectivity index (χ0v) is 12.4. The van der Waals surface area contributed by atoms with E-state index >= 15 is 0 Å². The molecule has 0 aliphatic carbocycles. The van der Waals surface area contributed by atoms with Gasteiger partial charge in [-0.05, 0) is 37.7 Å². The first kappa shape index (κ1) is 14.6. The summed E-state index contributed by atoms with van der Waals surface area (Å²) in [5.74, 6) is 1.20. The zero-order chi connectivity index (χ0) is 13.9. The lowest BCUT2D eigenvalue weighted by atomic mass is 10.1. The summed E-state index contributed by atoms with van der Waals surface area (Å²) >= 11 is 7.87. The standard InChI is InChI=1S/C13H17ClN2O2S/c1-13(5-2-6-19-13)9-15-8-10-7-11(14)3-4-12(10)16(17)18/h3-4,7,15H,2,5-6,8-9H2,1H3. The van der Waals surface area contributed by atoms with E-state index in [-0.39, 0.29) is 15.4 Å². The van der Waals surface area contributed by atoms with Crippen LogP contribution in [-0.4, -0.2) is 22.0 Å². The summed E-state index contributed by atoms with van der Waals surface area (Å²) in [5.41, 5.74) is 0.769. The molecule has 19 heavy (non-hydrogen) atoms. The van der Waals surface area contributed by atoms with Crippen molar-refractivity contribution < 1.29 is 4.92 Å². The van der Waals surface area contributed by atoms with Crippen LogP contribution in [0.25, 0.3) is 0 Å². The lowest BCUT2D eigenvalue weighted by molar-refractivity contribution is -0.385. The summed E-state index contributed by atoms with van der Waals surface area (Å²) in [6, 6.07) is 4.68. The third-order valence-electron chi connectivity index (χ3n) is 3.35. The number of hydrogen-bond acceptors (Lipinski definition) is 4. The molecule has 1 unspecified atom stereocenters. The molecule has 0 radical (unpaired) electrons. The van der Waals surface area contributed by atoms with Crippen molar-refractivity contribution in [3.8, 4) is 0 Å². The fraction of sp³-hybridized carbons (Fsp3) is 0.538. The van der Waals surface area contributed by atoms with E-state index < -0.39 is 0 Å². The van der Waals surface area contributed by atoms with Crippen LogP contribution in [0.4, 0.5) is 5.69 Å². The molecule has 0 amide bonds. The number of thioether (sulfide) groups is 1. The van der Waals surface area contributed by atoms with E-state index in [1.807, 2.05) is 11.8 Å². The van der Waals surface area contributed by atoms with Gasteiger partial charge in [0.25, 0.3) is 5.69 Å². The molecule has 1 aromatic rings. The van der Waals surface area contributed by atoms with Gasteiger partial charge in [0.1, 0.15) is 0 Å². The molecule has 1 saturated heterocycles. The first-order valence-electron chi connectivity index (χ1n) is 6.28. The number of nitrogens with zero attached hydrogens (tertiary/aromatic N) is 1. The Morgan fingerprint density at radius 2 is 2.37 bits per heavy atom. The maximum atomic E-state index is 10.9. The second-order valence-corrected chi connectivity index (χ2v) is 7.15. The quantitative estimate of drug-likeness (QED) is 0.666. The molecular weight excluding hydrogens is 284 g/mol. The Bertz CT molecular complexity index is 476. The van der Waals surface area contributed by atoms with Gasteiger partial charge >= 0.3 is 0 Å². The van der Waals surface area contributed by atoms with Gasteiger partial charge in [-0.15, -0.1) is 0 Å². The van der Waals surface area contributed by atoms with Crippen molar-refractivity contribution in [1.29, 1.82) is 0 Å². The highest BCUT2D eigenvalue weighted by Crippen LogP contribution is 2.37. The molecule has 1 fully saturated rings. The van der Waals surface area contributed by atoms with Crippen LogP contribution in [-0.2, 0) is 6.54 Å². The summed E-state index contributed by atoms with van der Waals surface area (Å²) in [6.45, 7) is 3.58. The van der Waals surface area contributed by atoms with E-state index in [9.17, 15) is 10.1 Å². The Morgan fingerprint density at radius 1 is 1.58 bits per heavy atom. The minimum atomic E-state index is -0.362. The number of benzene rings is 1. The molecule has 0 aromatic heterocycles. The molecule has 6 heteroatoms. The molecule has 0 bridgehead atoms. The van der Waals surface area contributed by atoms with E-state index in [2.05, 4.69) is 12.2 Å². The average molecular weight is 301 g/mol. The van der Waals surface area contributed by atoms with Crippen LogP contribution in [0.1, 0.15) is 25.3 Å². The van der Waals surface area contributed by atoms with Crippen molar-refractivity contribution in [3.05, 3.63) is 38.9 Å². The van der Waals surface area contributed by atoms with Gasteiger partial charge in [0.15, 0.2) is 0 Å². The van der Waals surface area contributed by atoms with E-state index in [1.165, 1.54) is 24.7 Å². The second kappa shape index (κ2) is 6.11. The molecule has 1 N–H and O–H groups in total. The fourth-order valence-corrected chi connectivity index (χ4v) is 3.78. The average Bonchev–Trinajstić information content (AvgIpc) is 2.76. The van der Waals surface area contributed by atoms with Gasteiger partial charge in [-0.2, -0.15) is 11.8 Å². The number of rotatable bonds is 5. The third kappa shape index (κ3) is 3.84. The number of hydrogen-bond donors (Lipinski definition) is 1. The van der Waals surface area contributed by atoms with Crippen molar-refractivity contribution in [3.63, 3.8) is 0 Å². The normalized spacial score (nSPS) is 22.6. The van der Waals surface area contributed by atoms with Gasteiger partial charge in [-0.25, -0.2) is 0 Å². The van der Waals surface area contributed by atoms with E-state index in [4.69, 9.17) is 11.6 Å². The smallest absolute Gasteiger partial charge is 0.273 e. The van der Waals surface area contributed by atoms with Gasteiger partial charge in [-0.1, -0.05) is 11.6 Å². The van der Waals surface area contributed by atoms with Crippen LogP contribution in [0, 0.1) is 10.1 Å². The molecule has 1 heterocycles. The highest BCUT2D eigenvalue weighted by atomic mass is 35.5. The topological polar surface area (TPSA) is 55.2 Å². The number of nitro benzene ring substituents is 1. The molecule has 0 saturated carbocycles. The predicted octanol–water partition coefficient (Wildman–Crippen LogP) is 3.62. The second-order valence-electron chi connectivity index (χ2n) is 5.04. The van der Waals surface area contributed by atoms with Crippen LogP contribution in [0.3, 0.4) is 0 Å². The Kier molecular flexibility index (Phi) is 4.71.